The van der Waals surface area contributed by atoms with Crippen LogP contribution in [0.4, 0.5) is 10.1 Å². The quantitative estimate of drug-likeness (QED) is 0.887. The molecule has 0 aliphatic rings. The Morgan fingerprint density at radius 2 is 2.16 bits per heavy atom. The molecule has 0 saturated heterocycles. The van der Waals surface area contributed by atoms with E-state index >= 15 is 0 Å². The third-order valence-electron chi connectivity index (χ3n) is 2.67. The minimum Gasteiger partial charge on any atom is -0.477 e. The van der Waals surface area contributed by atoms with Gasteiger partial charge in [0.1, 0.15) is 11.5 Å². The van der Waals surface area contributed by atoms with E-state index < -0.39 is 5.97 Å². The molecule has 0 fully saturated rings. The highest BCUT2D eigenvalue weighted by atomic mass is 19.1. The van der Waals surface area contributed by atoms with Gasteiger partial charge in [-0.2, -0.15) is 0 Å². The third kappa shape index (κ3) is 3.28. The average molecular weight is 260 g/mol. The lowest BCUT2D eigenvalue weighted by Crippen LogP contribution is -2.07. The molecule has 2 N–H and O–H groups in total. The molecule has 0 saturated carbocycles. The van der Waals surface area contributed by atoms with Crippen LogP contribution in [0.5, 0.6) is 0 Å². The minimum atomic E-state index is -1.06. The Kier molecular flexibility index (Phi) is 3.75. The number of hydrogen-bond donors (Lipinski definition) is 2. The highest BCUT2D eigenvalue weighted by Gasteiger charge is 2.05. The summed E-state index contributed by atoms with van der Waals surface area (Å²) < 4.78 is 12.9. The number of carboxylic acids is 1. The first kappa shape index (κ1) is 13.0. The molecule has 0 spiro atoms. The molecule has 4 nitrogen and oxygen atoms in total. The molecule has 2 aromatic rings. The molecule has 1 aromatic heterocycles. The zero-order valence-electron chi connectivity index (χ0n) is 10.4. The topological polar surface area (TPSA) is 62.2 Å². The van der Waals surface area contributed by atoms with Gasteiger partial charge in [-0.05, 0) is 42.8 Å². The molecule has 0 atom stereocenters. The molecule has 98 valence electrons. The van der Waals surface area contributed by atoms with Crippen molar-refractivity contribution in [3.63, 3.8) is 0 Å². The Balaban J connectivity index is 2.10. The largest absolute Gasteiger partial charge is 0.477 e. The van der Waals surface area contributed by atoms with E-state index in [-0.39, 0.29) is 11.5 Å². The fourth-order valence-electron chi connectivity index (χ4n) is 1.71. The first-order valence-corrected chi connectivity index (χ1v) is 5.75. The Bertz CT molecular complexity index is 614. The van der Waals surface area contributed by atoms with E-state index in [9.17, 15) is 9.18 Å². The van der Waals surface area contributed by atoms with Gasteiger partial charge in [-0.3, -0.25) is 0 Å². The lowest BCUT2D eigenvalue weighted by molar-refractivity contribution is 0.0690. The zero-order chi connectivity index (χ0) is 13.8. The number of aromatic nitrogens is 1. The second-order valence-electron chi connectivity index (χ2n) is 4.13. The normalized spacial score (nSPS) is 10.2. The Morgan fingerprint density at radius 1 is 1.37 bits per heavy atom. The molecule has 1 aromatic carbocycles. The van der Waals surface area contributed by atoms with Crippen LogP contribution in [0.3, 0.4) is 0 Å². The highest BCUT2D eigenvalue weighted by Crippen LogP contribution is 2.16. The van der Waals surface area contributed by atoms with Crippen LogP contribution in [0, 0.1) is 12.7 Å². The summed E-state index contributed by atoms with van der Waals surface area (Å²) in [6.07, 6.45) is 0. The lowest BCUT2D eigenvalue weighted by Gasteiger charge is -2.09. The molecule has 5 heteroatoms. The first-order valence-electron chi connectivity index (χ1n) is 5.75. The number of pyridine rings is 1. The van der Waals surface area contributed by atoms with Crippen molar-refractivity contribution in [1.82, 2.24) is 4.98 Å². The summed E-state index contributed by atoms with van der Waals surface area (Å²) in [6.45, 7) is 2.18. The van der Waals surface area contributed by atoms with Gasteiger partial charge in [0.15, 0.2) is 0 Å². The summed E-state index contributed by atoms with van der Waals surface area (Å²) in [4.78, 5) is 14.8. The van der Waals surface area contributed by atoms with Crippen LogP contribution in [0.25, 0.3) is 0 Å². The molecule has 0 bridgehead atoms. The summed E-state index contributed by atoms with van der Waals surface area (Å²) in [6, 6.07) is 9.27. The number of hydrogen-bond acceptors (Lipinski definition) is 3. The van der Waals surface area contributed by atoms with Gasteiger partial charge >= 0.3 is 5.97 Å². The second-order valence-corrected chi connectivity index (χ2v) is 4.13. The fraction of sp³-hybridized carbons (Fsp3) is 0.143. The standard InChI is InChI=1S/C14H13FN2O2/c1-9-7-10(15)5-6-12(9)16-8-11-3-2-4-13(17-11)14(18)19/h2-7,16H,8H2,1H3,(H,18,19). The van der Waals surface area contributed by atoms with Crippen molar-refractivity contribution in [3.05, 3.63) is 59.2 Å². The summed E-state index contributed by atoms with van der Waals surface area (Å²) in [5, 5.41) is 11.9. The van der Waals surface area contributed by atoms with Gasteiger partial charge in [-0.15, -0.1) is 0 Å². The van der Waals surface area contributed by atoms with Crippen molar-refractivity contribution in [2.75, 3.05) is 5.32 Å². The predicted molar refractivity (Wildman–Crippen MR) is 69.7 cm³/mol. The molecule has 0 aliphatic heterocycles. The maximum atomic E-state index is 12.9. The molecular weight excluding hydrogens is 247 g/mol. The van der Waals surface area contributed by atoms with E-state index in [1.807, 2.05) is 0 Å². The Morgan fingerprint density at radius 3 is 2.84 bits per heavy atom. The van der Waals surface area contributed by atoms with Crippen LogP contribution in [0.15, 0.2) is 36.4 Å². The third-order valence-corrected chi connectivity index (χ3v) is 2.67. The summed E-state index contributed by atoms with van der Waals surface area (Å²) >= 11 is 0. The molecule has 19 heavy (non-hydrogen) atoms. The maximum Gasteiger partial charge on any atom is 0.354 e. The van der Waals surface area contributed by atoms with Crippen LogP contribution < -0.4 is 5.32 Å². The summed E-state index contributed by atoms with van der Waals surface area (Å²) in [5.74, 6) is -1.34. The number of halogens is 1. The number of carbonyl (C=O) groups is 1. The number of nitrogens with one attached hydrogen (secondary N) is 1. The molecule has 2 rings (SSSR count). The van der Waals surface area contributed by atoms with Gasteiger partial charge in [0.25, 0.3) is 0 Å². The second kappa shape index (κ2) is 5.48. The van der Waals surface area contributed by atoms with Crippen LogP contribution >= 0.6 is 0 Å². The molecule has 0 aliphatic carbocycles. The molecular formula is C14H13FN2O2. The number of rotatable bonds is 4. The highest BCUT2D eigenvalue weighted by molar-refractivity contribution is 5.85. The number of nitrogens with zero attached hydrogens (tertiary/aromatic N) is 1. The van der Waals surface area contributed by atoms with Gasteiger partial charge in [0.05, 0.1) is 12.2 Å². The van der Waals surface area contributed by atoms with Crippen molar-refractivity contribution in [3.8, 4) is 0 Å². The smallest absolute Gasteiger partial charge is 0.354 e. The van der Waals surface area contributed by atoms with E-state index in [0.29, 0.717) is 12.2 Å². The minimum absolute atomic E-state index is 0.00938. The molecule has 0 unspecified atom stereocenters. The van der Waals surface area contributed by atoms with Gasteiger partial charge in [0, 0.05) is 5.69 Å². The number of aromatic carboxylic acids is 1. The SMILES string of the molecule is Cc1cc(F)ccc1NCc1cccc(C(=O)O)n1. The van der Waals surface area contributed by atoms with Crippen molar-refractivity contribution >= 4 is 11.7 Å². The number of anilines is 1. The number of benzene rings is 1. The number of aryl methyl sites for hydroxylation is 1. The Hall–Kier alpha value is -2.43. The predicted octanol–water partition coefficient (Wildman–Crippen LogP) is 2.84. The zero-order valence-corrected chi connectivity index (χ0v) is 10.4. The average Bonchev–Trinajstić information content (AvgIpc) is 2.38. The summed E-state index contributed by atoms with van der Waals surface area (Å²) in [7, 11) is 0. The maximum absolute atomic E-state index is 12.9. The van der Waals surface area contributed by atoms with E-state index in [2.05, 4.69) is 10.3 Å². The van der Waals surface area contributed by atoms with E-state index in [0.717, 1.165) is 11.3 Å². The fourth-order valence-corrected chi connectivity index (χ4v) is 1.71. The molecule has 0 radical (unpaired) electrons. The van der Waals surface area contributed by atoms with Crippen molar-refractivity contribution in [2.24, 2.45) is 0 Å². The van der Waals surface area contributed by atoms with Crippen molar-refractivity contribution in [1.29, 1.82) is 0 Å². The Labute approximate surface area is 109 Å². The van der Waals surface area contributed by atoms with Crippen molar-refractivity contribution < 1.29 is 14.3 Å². The van der Waals surface area contributed by atoms with Gasteiger partial charge in [-0.1, -0.05) is 6.07 Å². The van der Waals surface area contributed by atoms with Gasteiger partial charge in [-0.25, -0.2) is 14.2 Å². The monoisotopic (exact) mass is 260 g/mol. The number of carboxylic acid groups (broad SMARTS) is 1. The van der Waals surface area contributed by atoms with E-state index in [4.69, 9.17) is 5.11 Å². The molecule has 0 amide bonds. The summed E-state index contributed by atoms with van der Waals surface area (Å²) in [5.41, 5.74) is 2.21. The van der Waals surface area contributed by atoms with Gasteiger partial charge in [0.2, 0.25) is 0 Å². The van der Waals surface area contributed by atoms with Crippen LogP contribution in [-0.2, 0) is 6.54 Å². The van der Waals surface area contributed by atoms with Crippen LogP contribution in [-0.4, -0.2) is 16.1 Å². The van der Waals surface area contributed by atoms with E-state index in [1.54, 1.807) is 25.1 Å². The van der Waals surface area contributed by atoms with Crippen molar-refractivity contribution in [2.45, 2.75) is 13.5 Å². The van der Waals surface area contributed by atoms with Gasteiger partial charge < -0.3 is 10.4 Å². The lowest BCUT2D eigenvalue weighted by atomic mass is 10.2. The van der Waals surface area contributed by atoms with Crippen LogP contribution in [0.2, 0.25) is 0 Å². The van der Waals surface area contributed by atoms with E-state index in [1.165, 1.54) is 18.2 Å². The first-order chi connectivity index (χ1) is 9.06. The van der Waals surface area contributed by atoms with Crippen LogP contribution in [0.1, 0.15) is 21.7 Å². The molecule has 1 heterocycles.